The van der Waals surface area contributed by atoms with Crippen LogP contribution in [0.2, 0.25) is 0 Å². The zero-order valence-electron chi connectivity index (χ0n) is 13.7. The Morgan fingerprint density at radius 3 is 2.74 bits per heavy atom. The molecule has 0 spiro atoms. The molecular weight excluding hydrogens is 292 g/mol. The van der Waals surface area contributed by atoms with Crippen LogP contribution in [0.3, 0.4) is 0 Å². The summed E-state index contributed by atoms with van der Waals surface area (Å²) in [5, 5.41) is 20.2. The highest BCUT2D eigenvalue weighted by Gasteiger charge is 2.23. The van der Waals surface area contributed by atoms with Gasteiger partial charge < -0.3 is 10.4 Å². The summed E-state index contributed by atoms with van der Waals surface area (Å²) in [7, 11) is 0. The van der Waals surface area contributed by atoms with Crippen LogP contribution < -0.4 is 5.32 Å². The standard InChI is InChI=1S/C17H24N4O2/c1-3-17(2,11-12-22)19-16(23)10-9-15-20-18-13-21(15)14-7-5-4-6-8-14/h4-8,13,22H,3,9-12H2,1-2H3,(H,19,23). The molecule has 2 rings (SSSR count). The van der Waals surface area contributed by atoms with E-state index in [1.807, 2.05) is 48.7 Å². The Morgan fingerprint density at radius 2 is 2.09 bits per heavy atom. The molecule has 0 bridgehead atoms. The van der Waals surface area contributed by atoms with Gasteiger partial charge in [-0.2, -0.15) is 0 Å². The number of benzene rings is 1. The number of carbonyl (C=O) groups is 1. The molecular formula is C17H24N4O2. The number of aromatic nitrogens is 3. The maximum absolute atomic E-state index is 12.2. The highest BCUT2D eigenvalue weighted by atomic mass is 16.3. The molecule has 0 saturated heterocycles. The summed E-state index contributed by atoms with van der Waals surface area (Å²) in [4.78, 5) is 12.2. The second-order valence-corrected chi connectivity index (χ2v) is 5.89. The van der Waals surface area contributed by atoms with Crippen LogP contribution in [-0.4, -0.2) is 37.9 Å². The molecule has 6 heteroatoms. The van der Waals surface area contributed by atoms with E-state index < -0.39 is 0 Å². The Hall–Kier alpha value is -2.21. The highest BCUT2D eigenvalue weighted by Crippen LogP contribution is 2.15. The fraction of sp³-hybridized carbons (Fsp3) is 0.471. The maximum atomic E-state index is 12.2. The van der Waals surface area contributed by atoms with Crippen LogP contribution in [0.15, 0.2) is 36.7 Å². The molecule has 1 atom stereocenters. The summed E-state index contributed by atoms with van der Waals surface area (Å²) in [6.07, 6.45) is 3.84. The van der Waals surface area contributed by atoms with Gasteiger partial charge in [-0.15, -0.1) is 10.2 Å². The average Bonchev–Trinajstić information content (AvgIpc) is 3.02. The zero-order valence-corrected chi connectivity index (χ0v) is 13.7. The van der Waals surface area contributed by atoms with E-state index in [2.05, 4.69) is 15.5 Å². The fourth-order valence-electron chi connectivity index (χ4n) is 2.43. The molecule has 0 aliphatic heterocycles. The number of aliphatic hydroxyl groups excluding tert-OH is 1. The Bertz CT molecular complexity index is 627. The van der Waals surface area contributed by atoms with Crippen LogP contribution in [0.1, 0.15) is 38.9 Å². The number of hydrogen-bond donors (Lipinski definition) is 2. The molecule has 23 heavy (non-hydrogen) atoms. The van der Waals surface area contributed by atoms with Gasteiger partial charge >= 0.3 is 0 Å². The van der Waals surface area contributed by atoms with Gasteiger partial charge in [0.15, 0.2) is 0 Å². The number of aliphatic hydroxyl groups is 1. The maximum Gasteiger partial charge on any atom is 0.220 e. The van der Waals surface area contributed by atoms with Crippen molar-refractivity contribution in [2.75, 3.05) is 6.61 Å². The lowest BCUT2D eigenvalue weighted by molar-refractivity contribution is -0.123. The Morgan fingerprint density at radius 1 is 1.35 bits per heavy atom. The van der Waals surface area contributed by atoms with E-state index in [9.17, 15) is 4.79 Å². The molecule has 2 aromatic rings. The van der Waals surface area contributed by atoms with Crippen molar-refractivity contribution in [3.8, 4) is 5.69 Å². The number of rotatable bonds is 8. The minimum Gasteiger partial charge on any atom is -0.396 e. The van der Waals surface area contributed by atoms with Crippen molar-refractivity contribution in [1.82, 2.24) is 20.1 Å². The normalized spacial score (nSPS) is 13.5. The van der Waals surface area contributed by atoms with Crippen LogP contribution >= 0.6 is 0 Å². The molecule has 2 N–H and O–H groups in total. The smallest absolute Gasteiger partial charge is 0.220 e. The van der Waals surface area contributed by atoms with Crippen LogP contribution in [0.25, 0.3) is 5.69 Å². The molecule has 0 saturated carbocycles. The number of amides is 1. The van der Waals surface area contributed by atoms with E-state index in [0.29, 0.717) is 19.3 Å². The minimum absolute atomic E-state index is 0.0367. The van der Waals surface area contributed by atoms with Crippen LogP contribution in [0.4, 0.5) is 0 Å². The number of para-hydroxylation sites is 1. The number of carbonyl (C=O) groups excluding carboxylic acids is 1. The van der Waals surface area contributed by atoms with Gasteiger partial charge in [0.05, 0.1) is 0 Å². The molecule has 1 amide bonds. The number of nitrogens with one attached hydrogen (secondary N) is 1. The van der Waals surface area contributed by atoms with Crippen molar-refractivity contribution in [1.29, 1.82) is 0 Å². The largest absolute Gasteiger partial charge is 0.396 e. The molecule has 1 aromatic carbocycles. The average molecular weight is 316 g/mol. The van der Waals surface area contributed by atoms with Crippen molar-refractivity contribution in [2.45, 2.75) is 45.1 Å². The van der Waals surface area contributed by atoms with Crippen LogP contribution in [0.5, 0.6) is 0 Å². The van der Waals surface area contributed by atoms with Gasteiger partial charge in [-0.05, 0) is 31.9 Å². The molecule has 124 valence electrons. The first-order valence-electron chi connectivity index (χ1n) is 7.94. The van der Waals surface area contributed by atoms with E-state index >= 15 is 0 Å². The van der Waals surface area contributed by atoms with E-state index in [0.717, 1.165) is 17.9 Å². The number of aryl methyl sites for hydroxylation is 1. The summed E-state index contributed by atoms with van der Waals surface area (Å²) >= 11 is 0. The molecule has 6 nitrogen and oxygen atoms in total. The molecule has 1 aromatic heterocycles. The third-order valence-corrected chi connectivity index (χ3v) is 4.11. The van der Waals surface area contributed by atoms with E-state index in [4.69, 9.17) is 5.11 Å². The van der Waals surface area contributed by atoms with Crippen LogP contribution in [-0.2, 0) is 11.2 Å². The van der Waals surface area contributed by atoms with Gasteiger partial charge in [0.2, 0.25) is 5.91 Å². The quantitative estimate of drug-likeness (QED) is 0.779. The van der Waals surface area contributed by atoms with E-state index in [-0.39, 0.29) is 18.1 Å². The van der Waals surface area contributed by atoms with Gasteiger partial charge in [-0.3, -0.25) is 9.36 Å². The molecule has 1 heterocycles. The Kier molecular flexibility index (Phi) is 5.87. The van der Waals surface area contributed by atoms with Gasteiger partial charge in [0.1, 0.15) is 12.2 Å². The van der Waals surface area contributed by atoms with Gasteiger partial charge in [-0.1, -0.05) is 25.1 Å². The first kappa shape index (κ1) is 17.1. The first-order valence-corrected chi connectivity index (χ1v) is 7.94. The lowest BCUT2D eigenvalue weighted by atomic mass is 9.94. The minimum atomic E-state index is -0.362. The van der Waals surface area contributed by atoms with Gasteiger partial charge in [-0.25, -0.2) is 0 Å². The summed E-state index contributed by atoms with van der Waals surface area (Å²) in [6, 6.07) is 9.80. The lowest BCUT2D eigenvalue weighted by Crippen LogP contribution is -2.46. The third kappa shape index (κ3) is 4.63. The third-order valence-electron chi connectivity index (χ3n) is 4.11. The fourth-order valence-corrected chi connectivity index (χ4v) is 2.43. The van der Waals surface area contributed by atoms with Crippen molar-refractivity contribution in [2.24, 2.45) is 0 Å². The summed E-state index contributed by atoms with van der Waals surface area (Å²) in [6.45, 7) is 4.02. The van der Waals surface area contributed by atoms with E-state index in [1.54, 1.807) is 6.33 Å². The molecule has 0 aliphatic carbocycles. The SMILES string of the molecule is CCC(C)(CCO)NC(=O)CCc1nncn1-c1ccccc1. The topological polar surface area (TPSA) is 80.0 Å². The van der Waals surface area contributed by atoms with Crippen molar-refractivity contribution in [3.63, 3.8) is 0 Å². The monoisotopic (exact) mass is 316 g/mol. The lowest BCUT2D eigenvalue weighted by Gasteiger charge is -2.29. The summed E-state index contributed by atoms with van der Waals surface area (Å²) in [5.41, 5.74) is 0.616. The van der Waals surface area contributed by atoms with Crippen molar-refractivity contribution >= 4 is 5.91 Å². The van der Waals surface area contributed by atoms with Crippen molar-refractivity contribution in [3.05, 3.63) is 42.5 Å². The predicted octanol–water partition coefficient (Wildman–Crippen LogP) is 1.87. The molecule has 0 aliphatic rings. The van der Waals surface area contributed by atoms with Gasteiger partial charge in [0.25, 0.3) is 0 Å². The summed E-state index contributed by atoms with van der Waals surface area (Å²) < 4.78 is 1.89. The zero-order chi connectivity index (χ0) is 16.7. The summed E-state index contributed by atoms with van der Waals surface area (Å²) in [5.74, 6) is 0.720. The van der Waals surface area contributed by atoms with Gasteiger partial charge in [0, 0.05) is 30.7 Å². The number of hydrogen-bond acceptors (Lipinski definition) is 4. The Labute approximate surface area is 136 Å². The highest BCUT2D eigenvalue weighted by molar-refractivity contribution is 5.76. The predicted molar refractivity (Wildman–Crippen MR) is 88.2 cm³/mol. The Balaban J connectivity index is 1.97. The number of nitrogens with zero attached hydrogens (tertiary/aromatic N) is 3. The molecule has 0 radical (unpaired) electrons. The second-order valence-electron chi connectivity index (χ2n) is 5.89. The molecule has 0 fully saturated rings. The first-order chi connectivity index (χ1) is 11.1. The van der Waals surface area contributed by atoms with E-state index in [1.165, 1.54) is 0 Å². The molecule has 1 unspecified atom stereocenters. The van der Waals surface area contributed by atoms with Crippen molar-refractivity contribution < 1.29 is 9.90 Å². The van der Waals surface area contributed by atoms with Crippen LogP contribution in [0, 0.1) is 0 Å². The second kappa shape index (κ2) is 7.87.